The van der Waals surface area contributed by atoms with Crippen LogP contribution in [-0.4, -0.2) is 19.0 Å². The lowest BCUT2D eigenvalue weighted by Crippen LogP contribution is -2.24. The summed E-state index contributed by atoms with van der Waals surface area (Å²) in [5, 5.41) is 0. The van der Waals surface area contributed by atoms with Crippen LogP contribution in [0.1, 0.15) is 24.0 Å². The van der Waals surface area contributed by atoms with Crippen LogP contribution in [0.25, 0.3) is 0 Å². The molecule has 0 aliphatic carbocycles. The molecule has 1 heterocycles. The molecule has 3 nitrogen and oxygen atoms in total. The third kappa shape index (κ3) is 2.48. The molecular formula is C14H16N2O. The van der Waals surface area contributed by atoms with Gasteiger partial charge in [-0.2, -0.15) is 0 Å². The number of carbonyl (C=O) groups is 1. The lowest BCUT2D eigenvalue weighted by molar-refractivity contribution is -0.117. The Bertz CT molecular complexity index is 497. The fraction of sp³-hybridized carbons (Fsp3) is 0.357. The smallest absolute Gasteiger partial charge is 0.227 e. The third-order valence-corrected chi connectivity index (χ3v) is 2.84. The molecule has 1 aliphatic heterocycles. The molecule has 3 heteroatoms. The number of carbonyl (C=O) groups excluding carboxylic acids is 1. The van der Waals surface area contributed by atoms with Gasteiger partial charge in [-0.05, 0) is 31.0 Å². The quantitative estimate of drug-likeness (QED) is 0.739. The summed E-state index contributed by atoms with van der Waals surface area (Å²) in [7, 11) is 0. The molecule has 0 aromatic heterocycles. The van der Waals surface area contributed by atoms with Crippen LogP contribution in [0.2, 0.25) is 0 Å². The summed E-state index contributed by atoms with van der Waals surface area (Å²) in [5.74, 6) is 6.06. The van der Waals surface area contributed by atoms with Crippen molar-refractivity contribution in [3.8, 4) is 11.8 Å². The van der Waals surface area contributed by atoms with Gasteiger partial charge in [0.25, 0.3) is 0 Å². The standard InChI is InChI=1S/C14H16N2O/c1-11-6-7-12(4-2-8-15)13(10-11)16-9-3-5-14(16)17/h6-7,10H,3,5,8-9,15H2,1H3. The Labute approximate surface area is 102 Å². The van der Waals surface area contributed by atoms with Gasteiger partial charge in [0, 0.05) is 18.5 Å². The largest absolute Gasteiger partial charge is 0.320 e. The second-order valence-corrected chi connectivity index (χ2v) is 4.18. The molecule has 0 bridgehead atoms. The zero-order valence-electron chi connectivity index (χ0n) is 9.99. The monoisotopic (exact) mass is 228 g/mol. The molecule has 1 fully saturated rings. The zero-order valence-corrected chi connectivity index (χ0v) is 9.99. The number of hydrogen-bond acceptors (Lipinski definition) is 2. The number of nitrogens with two attached hydrogens (primary N) is 1. The van der Waals surface area contributed by atoms with E-state index in [0.717, 1.165) is 29.8 Å². The van der Waals surface area contributed by atoms with Crippen molar-refractivity contribution in [2.24, 2.45) is 5.73 Å². The lowest BCUT2D eigenvalue weighted by atomic mass is 10.1. The van der Waals surface area contributed by atoms with E-state index in [1.807, 2.05) is 30.0 Å². The van der Waals surface area contributed by atoms with Gasteiger partial charge in [-0.1, -0.05) is 17.9 Å². The number of aryl methyl sites for hydroxylation is 1. The summed E-state index contributed by atoms with van der Waals surface area (Å²) in [5.41, 5.74) is 8.33. The number of hydrogen-bond donors (Lipinski definition) is 1. The first-order chi connectivity index (χ1) is 8.22. The van der Waals surface area contributed by atoms with Crippen LogP contribution in [0.3, 0.4) is 0 Å². The van der Waals surface area contributed by atoms with E-state index in [4.69, 9.17) is 5.73 Å². The molecule has 88 valence electrons. The topological polar surface area (TPSA) is 46.3 Å². The van der Waals surface area contributed by atoms with Gasteiger partial charge in [0.05, 0.1) is 12.2 Å². The molecule has 2 N–H and O–H groups in total. The van der Waals surface area contributed by atoms with E-state index in [0.29, 0.717) is 13.0 Å². The summed E-state index contributed by atoms with van der Waals surface area (Å²) in [6.07, 6.45) is 1.56. The van der Waals surface area contributed by atoms with Crippen LogP contribution >= 0.6 is 0 Å². The van der Waals surface area contributed by atoms with E-state index in [1.165, 1.54) is 0 Å². The Morgan fingerprint density at radius 2 is 2.29 bits per heavy atom. The van der Waals surface area contributed by atoms with Gasteiger partial charge < -0.3 is 10.6 Å². The highest BCUT2D eigenvalue weighted by Gasteiger charge is 2.23. The Balaban J connectivity index is 2.42. The predicted octanol–water partition coefficient (Wildman–Crippen LogP) is 1.43. The molecule has 1 amide bonds. The fourth-order valence-corrected chi connectivity index (χ4v) is 2.02. The van der Waals surface area contributed by atoms with E-state index in [1.54, 1.807) is 0 Å². The minimum Gasteiger partial charge on any atom is -0.320 e. The summed E-state index contributed by atoms with van der Waals surface area (Å²) < 4.78 is 0. The van der Waals surface area contributed by atoms with E-state index >= 15 is 0 Å². The highest BCUT2D eigenvalue weighted by molar-refractivity contribution is 5.96. The highest BCUT2D eigenvalue weighted by Crippen LogP contribution is 2.26. The van der Waals surface area contributed by atoms with Crippen molar-refractivity contribution in [2.45, 2.75) is 19.8 Å². The summed E-state index contributed by atoms with van der Waals surface area (Å²) >= 11 is 0. The number of anilines is 1. The fourth-order valence-electron chi connectivity index (χ4n) is 2.02. The van der Waals surface area contributed by atoms with Crippen molar-refractivity contribution < 1.29 is 4.79 Å². The van der Waals surface area contributed by atoms with Crippen LogP contribution in [-0.2, 0) is 4.79 Å². The van der Waals surface area contributed by atoms with Crippen molar-refractivity contribution in [2.75, 3.05) is 18.0 Å². The molecule has 0 spiro atoms. The van der Waals surface area contributed by atoms with Gasteiger partial charge in [-0.15, -0.1) is 0 Å². The predicted molar refractivity (Wildman–Crippen MR) is 68.7 cm³/mol. The van der Waals surface area contributed by atoms with E-state index in [9.17, 15) is 4.79 Å². The molecule has 1 aromatic rings. The maximum Gasteiger partial charge on any atom is 0.227 e. The minimum atomic E-state index is 0.186. The average Bonchev–Trinajstić information content (AvgIpc) is 2.74. The highest BCUT2D eigenvalue weighted by atomic mass is 16.2. The first-order valence-electron chi connectivity index (χ1n) is 5.82. The van der Waals surface area contributed by atoms with E-state index in [-0.39, 0.29) is 5.91 Å². The molecule has 0 unspecified atom stereocenters. The van der Waals surface area contributed by atoms with Crippen LogP contribution in [0.4, 0.5) is 5.69 Å². The molecule has 1 aliphatic rings. The number of amides is 1. The van der Waals surface area contributed by atoms with Gasteiger partial charge in [-0.25, -0.2) is 0 Å². The van der Waals surface area contributed by atoms with Crippen LogP contribution in [0.15, 0.2) is 18.2 Å². The molecular weight excluding hydrogens is 212 g/mol. The number of nitrogens with zero attached hydrogens (tertiary/aromatic N) is 1. The molecule has 1 aromatic carbocycles. The Morgan fingerprint density at radius 1 is 1.47 bits per heavy atom. The second-order valence-electron chi connectivity index (χ2n) is 4.18. The summed E-state index contributed by atoms with van der Waals surface area (Å²) in [4.78, 5) is 13.6. The first-order valence-corrected chi connectivity index (χ1v) is 5.82. The van der Waals surface area contributed by atoms with Gasteiger partial charge >= 0.3 is 0 Å². The van der Waals surface area contributed by atoms with Gasteiger partial charge in [-0.3, -0.25) is 4.79 Å². The second kappa shape index (κ2) is 5.03. The molecule has 0 radical (unpaired) electrons. The van der Waals surface area contributed by atoms with Gasteiger partial charge in [0.15, 0.2) is 0 Å². The van der Waals surface area contributed by atoms with Crippen molar-refractivity contribution in [3.63, 3.8) is 0 Å². The van der Waals surface area contributed by atoms with Crippen LogP contribution in [0, 0.1) is 18.8 Å². The van der Waals surface area contributed by atoms with Gasteiger partial charge in [0.2, 0.25) is 5.91 Å². The lowest BCUT2D eigenvalue weighted by Gasteiger charge is -2.18. The minimum absolute atomic E-state index is 0.186. The van der Waals surface area contributed by atoms with E-state index in [2.05, 4.69) is 11.8 Å². The Kier molecular flexibility index (Phi) is 3.46. The number of rotatable bonds is 1. The maximum absolute atomic E-state index is 11.8. The van der Waals surface area contributed by atoms with Crippen molar-refractivity contribution in [1.29, 1.82) is 0 Å². The normalized spacial score (nSPS) is 14.7. The van der Waals surface area contributed by atoms with Crippen molar-refractivity contribution >= 4 is 11.6 Å². The maximum atomic E-state index is 11.8. The van der Waals surface area contributed by atoms with Crippen molar-refractivity contribution in [1.82, 2.24) is 0 Å². The zero-order chi connectivity index (χ0) is 12.3. The van der Waals surface area contributed by atoms with Crippen LogP contribution < -0.4 is 10.6 Å². The summed E-state index contributed by atoms with van der Waals surface area (Å²) in [6.45, 7) is 3.14. The van der Waals surface area contributed by atoms with Gasteiger partial charge in [0.1, 0.15) is 0 Å². The SMILES string of the molecule is Cc1ccc(C#CCN)c(N2CCCC2=O)c1. The van der Waals surface area contributed by atoms with Crippen LogP contribution in [0.5, 0.6) is 0 Å². The Morgan fingerprint density at radius 3 is 2.94 bits per heavy atom. The average molecular weight is 228 g/mol. The molecule has 17 heavy (non-hydrogen) atoms. The molecule has 0 saturated carbocycles. The third-order valence-electron chi connectivity index (χ3n) is 2.84. The number of benzene rings is 1. The molecule has 2 rings (SSSR count). The summed E-state index contributed by atoms with van der Waals surface area (Å²) in [6, 6.07) is 5.98. The first kappa shape index (κ1) is 11.7. The van der Waals surface area contributed by atoms with E-state index < -0.39 is 0 Å². The molecule has 0 atom stereocenters. The Hall–Kier alpha value is -1.79. The van der Waals surface area contributed by atoms with Crippen molar-refractivity contribution in [3.05, 3.63) is 29.3 Å². The molecule has 1 saturated heterocycles.